The molecule has 0 unspecified atom stereocenters. The van der Waals surface area contributed by atoms with Crippen molar-refractivity contribution in [3.8, 4) is 11.3 Å². The molecule has 0 aliphatic heterocycles. The first-order valence-corrected chi connectivity index (χ1v) is 9.88. The van der Waals surface area contributed by atoms with E-state index < -0.39 is 11.7 Å². The first-order valence-electron chi connectivity index (χ1n) is 9.88. The number of hydrogen-bond acceptors (Lipinski definition) is 4. The lowest BCUT2D eigenvalue weighted by Gasteiger charge is -2.08. The van der Waals surface area contributed by atoms with Crippen LogP contribution in [0.25, 0.3) is 22.2 Å². The third-order valence-corrected chi connectivity index (χ3v) is 4.91. The van der Waals surface area contributed by atoms with E-state index in [0.29, 0.717) is 33.7 Å². The highest BCUT2D eigenvalue weighted by molar-refractivity contribution is 5.97. The Balaban J connectivity index is 1.66. The average molecular weight is 440 g/mol. The molecule has 0 saturated heterocycles. The second-order valence-corrected chi connectivity index (χ2v) is 7.23. The van der Waals surface area contributed by atoms with Crippen LogP contribution in [0.1, 0.15) is 27.2 Å². The molecule has 2 N–H and O–H groups in total. The van der Waals surface area contributed by atoms with Crippen LogP contribution in [0.3, 0.4) is 0 Å². The predicted octanol–water partition coefficient (Wildman–Crippen LogP) is 4.83. The zero-order valence-corrected chi connectivity index (χ0v) is 16.8. The molecule has 4 rings (SSSR count). The lowest BCUT2D eigenvalue weighted by Crippen LogP contribution is -2.26. The Morgan fingerprint density at radius 2 is 1.88 bits per heavy atom. The van der Waals surface area contributed by atoms with Gasteiger partial charge in [0.1, 0.15) is 11.5 Å². The fourth-order valence-corrected chi connectivity index (χ4v) is 3.45. The van der Waals surface area contributed by atoms with Crippen LogP contribution in [0.5, 0.6) is 0 Å². The Kier molecular flexibility index (Phi) is 5.96. The number of carbonyl (C=O) groups is 1. The molecule has 1 amide bonds. The first kappa shape index (κ1) is 21.6. The molecule has 0 aliphatic carbocycles. The number of aromatic nitrogens is 1. The quantitative estimate of drug-likeness (QED) is 0.451. The van der Waals surface area contributed by atoms with Crippen molar-refractivity contribution in [2.45, 2.75) is 12.6 Å². The summed E-state index contributed by atoms with van der Waals surface area (Å²) in [6.07, 6.45) is -2.60. The number of pyridine rings is 1. The Hall–Kier alpha value is -3.65. The number of hydrogen-bond donors (Lipinski definition) is 2. The summed E-state index contributed by atoms with van der Waals surface area (Å²) >= 11 is 0. The highest BCUT2D eigenvalue weighted by Crippen LogP contribution is 2.32. The van der Waals surface area contributed by atoms with Crippen molar-refractivity contribution in [2.24, 2.45) is 0 Å². The number of rotatable bonds is 6. The van der Waals surface area contributed by atoms with Gasteiger partial charge >= 0.3 is 6.18 Å². The minimum absolute atomic E-state index is 0.147. The van der Waals surface area contributed by atoms with Gasteiger partial charge in [-0.15, -0.1) is 0 Å². The molecule has 0 fully saturated rings. The summed E-state index contributed by atoms with van der Waals surface area (Å²) in [4.78, 5) is 16.6. The fourth-order valence-electron chi connectivity index (χ4n) is 3.45. The van der Waals surface area contributed by atoms with Crippen molar-refractivity contribution in [1.29, 1.82) is 0 Å². The number of alkyl halides is 3. The van der Waals surface area contributed by atoms with Crippen LogP contribution in [0.4, 0.5) is 13.2 Å². The van der Waals surface area contributed by atoms with Crippen molar-refractivity contribution in [3.63, 3.8) is 0 Å². The molecule has 32 heavy (non-hydrogen) atoms. The number of carbonyl (C=O) groups excluding carboxylic acids is 1. The summed E-state index contributed by atoms with van der Waals surface area (Å²) in [5, 5.41) is 12.2. The van der Waals surface area contributed by atoms with Gasteiger partial charge in [-0.25, -0.2) is 0 Å². The molecule has 2 aromatic carbocycles. The second-order valence-electron chi connectivity index (χ2n) is 7.23. The monoisotopic (exact) mass is 440 g/mol. The van der Waals surface area contributed by atoms with E-state index in [1.807, 2.05) is 0 Å². The molecule has 2 aromatic heterocycles. The summed E-state index contributed by atoms with van der Waals surface area (Å²) in [7, 11) is 0. The van der Waals surface area contributed by atoms with E-state index in [9.17, 15) is 18.0 Å². The topological polar surface area (TPSA) is 75.4 Å². The van der Waals surface area contributed by atoms with Crippen LogP contribution in [-0.4, -0.2) is 29.1 Å². The van der Waals surface area contributed by atoms with E-state index in [1.165, 1.54) is 6.07 Å². The van der Waals surface area contributed by atoms with Crippen LogP contribution < -0.4 is 5.32 Å². The van der Waals surface area contributed by atoms with Gasteiger partial charge in [0.15, 0.2) is 5.58 Å². The third kappa shape index (κ3) is 4.65. The van der Waals surface area contributed by atoms with E-state index in [2.05, 4.69) is 10.3 Å². The Labute approximate surface area is 181 Å². The van der Waals surface area contributed by atoms with E-state index >= 15 is 0 Å². The van der Waals surface area contributed by atoms with Gasteiger partial charge in [0.2, 0.25) is 0 Å². The zero-order valence-electron chi connectivity index (χ0n) is 16.8. The second kappa shape index (κ2) is 8.84. The summed E-state index contributed by atoms with van der Waals surface area (Å²) < 4.78 is 45.0. The Bertz CT molecular complexity index is 1260. The van der Waals surface area contributed by atoms with Gasteiger partial charge in [-0.3, -0.25) is 9.78 Å². The van der Waals surface area contributed by atoms with Crippen LogP contribution in [0.2, 0.25) is 0 Å². The molecular weight excluding hydrogens is 421 g/mol. The largest absolute Gasteiger partial charge is 0.458 e. The molecule has 0 aliphatic rings. The molecule has 0 atom stereocenters. The fraction of sp³-hybridized carbons (Fsp3) is 0.167. The van der Waals surface area contributed by atoms with Crippen molar-refractivity contribution in [2.75, 3.05) is 13.2 Å². The summed E-state index contributed by atoms with van der Waals surface area (Å²) in [5.74, 6) is 0.183. The zero-order chi connectivity index (χ0) is 22.7. The molecule has 0 spiro atoms. The van der Waals surface area contributed by atoms with Gasteiger partial charge in [0.25, 0.3) is 5.91 Å². The van der Waals surface area contributed by atoms with E-state index in [1.54, 1.807) is 48.7 Å². The number of halogens is 3. The lowest BCUT2D eigenvalue weighted by atomic mass is 10.1. The van der Waals surface area contributed by atoms with Crippen LogP contribution >= 0.6 is 0 Å². The van der Waals surface area contributed by atoms with Crippen molar-refractivity contribution in [3.05, 3.63) is 89.3 Å². The van der Waals surface area contributed by atoms with Gasteiger partial charge in [0, 0.05) is 35.7 Å². The minimum atomic E-state index is -4.41. The number of amides is 1. The van der Waals surface area contributed by atoms with E-state index in [0.717, 1.165) is 17.5 Å². The van der Waals surface area contributed by atoms with Gasteiger partial charge in [-0.2, -0.15) is 13.2 Å². The van der Waals surface area contributed by atoms with Crippen LogP contribution in [0, 0.1) is 0 Å². The van der Waals surface area contributed by atoms with Gasteiger partial charge in [-0.05, 0) is 35.9 Å². The van der Waals surface area contributed by atoms with Crippen LogP contribution in [-0.2, 0) is 12.6 Å². The summed E-state index contributed by atoms with van der Waals surface area (Å²) in [6, 6.07) is 15.5. The number of furan rings is 1. The smallest absolute Gasteiger partial charge is 0.416 e. The Morgan fingerprint density at radius 1 is 1.06 bits per heavy atom. The maximum absolute atomic E-state index is 13.0. The van der Waals surface area contributed by atoms with Crippen molar-refractivity contribution in [1.82, 2.24) is 10.3 Å². The molecule has 8 heteroatoms. The number of nitrogens with one attached hydrogen (secondary N) is 1. The third-order valence-electron chi connectivity index (χ3n) is 4.91. The number of aliphatic hydroxyl groups excluding tert-OH is 1. The lowest BCUT2D eigenvalue weighted by molar-refractivity contribution is -0.137. The van der Waals surface area contributed by atoms with Crippen molar-refractivity contribution >= 4 is 16.9 Å². The van der Waals surface area contributed by atoms with Gasteiger partial charge in [0.05, 0.1) is 12.2 Å². The van der Waals surface area contributed by atoms with Crippen LogP contribution in [0.15, 0.2) is 71.3 Å². The number of fused-ring (bicyclic) bond motifs is 1. The van der Waals surface area contributed by atoms with E-state index in [-0.39, 0.29) is 25.5 Å². The molecule has 2 heterocycles. The SMILES string of the molecule is O=C(NCCO)c1cccc(-c2nccc3cc(Cc4cccc(C(F)(F)F)c4)oc23)c1. The number of aliphatic hydroxyl groups is 1. The standard InChI is InChI=1S/C24H19F3N2O3/c25-24(26,27)19-6-1-3-15(11-19)12-20-14-17-7-8-28-21(22(17)32-20)16-4-2-5-18(13-16)23(31)29-9-10-30/h1-8,11,13-14,30H,9-10,12H2,(H,29,31). The molecule has 164 valence electrons. The maximum Gasteiger partial charge on any atom is 0.416 e. The number of nitrogens with zero attached hydrogens (tertiary/aromatic N) is 1. The summed E-state index contributed by atoms with van der Waals surface area (Å²) in [5.41, 5.74) is 1.86. The molecule has 0 saturated carbocycles. The highest BCUT2D eigenvalue weighted by Gasteiger charge is 2.30. The highest BCUT2D eigenvalue weighted by atomic mass is 19.4. The van der Waals surface area contributed by atoms with Gasteiger partial charge < -0.3 is 14.8 Å². The van der Waals surface area contributed by atoms with E-state index in [4.69, 9.17) is 9.52 Å². The Morgan fingerprint density at radius 3 is 2.66 bits per heavy atom. The summed E-state index contributed by atoms with van der Waals surface area (Å²) in [6.45, 7) is -0.0126. The normalized spacial score (nSPS) is 11.6. The number of benzene rings is 2. The van der Waals surface area contributed by atoms with Gasteiger partial charge in [-0.1, -0.05) is 30.3 Å². The molecule has 4 aromatic rings. The maximum atomic E-state index is 13.0. The molecular formula is C24H19F3N2O3. The molecule has 0 radical (unpaired) electrons. The minimum Gasteiger partial charge on any atom is -0.458 e. The average Bonchev–Trinajstić information content (AvgIpc) is 3.19. The van der Waals surface area contributed by atoms with Crippen molar-refractivity contribution < 1.29 is 27.5 Å². The first-order chi connectivity index (χ1) is 15.3. The molecule has 5 nitrogen and oxygen atoms in total. The predicted molar refractivity (Wildman–Crippen MR) is 113 cm³/mol. The molecule has 0 bridgehead atoms.